The number of amides is 1. The van der Waals surface area contributed by atoms with Crippen LogP contribution < -0.4 is 0 Å². The average Bonchev–Trinajstić information content (AvgIpc) is 2.89. The Balaban J connectivity index is 2.01. The zero-order valence-electron chi connectivity index (χ0n) is 16.0. The first-order chi connectivity index (χ1) is 12.4. The van der Waals surface area contributed by atoms with Gasteiger partial charge in [0.1, 0.15) is 0 Å². The fourth-order valence-electron chi connectivity index (χ4n) is 3.94. The molecule has 1 amide bonds. The quantitative estimate of drug-likeness (QED) is 0.778. The van der Waals surface area contributed by atoms with Crippen LogP contribution in [0.5, 0.6) is 0 Å². The number of hydrogen-bond acceptors (Lipinski definition) is 3. The van der Waals surface area contributed by atoms with Gasteiger partial charge in [-0.15, -0.1) is 0 Å². The Morgan fingerprint density at radius 3 is 2.30 bits per heavy atom. The summed E-state index contributed by atoms with van der Waals surface area (Å²) in [7, 11) is 0. The minimum Gasteiger partial charge on any atom is -0.362 e. The van der Waals surface area contributed by atoms with Crippen LogP contribution in [0.4, 0.5) is 13.2 Å². The monoisotopic (exact) mass is 382 g/mol. The molecule has 1 aromatic carbocycles. The van der Waals surface area contributed by atoms with Gasteiger partial charge >= 0.3 is 6.18 Å². The predicted molar refractivity (Wildman–Crippen MR) is 96.3 cm³/mol. The SMILES string of the molecule is C[C@@H]1CCC[C@H]2C1=NN(C(=O)c1ccc(C(C)(C)C)cc1)[C@@]2(O)C(F)(F)F. The smallest absolute Gasteiger partial charge is 0.362 e. The third kappa shape index (κ3) is 3.16. The molecule has 4 nitrogen and oxygen atoms in total. The molecule has 0 aromatic heterocycles. The van der Waals surface area contributed by atoms with E-state index >= 15 is 0 Å². The van der Waals surface area contributed by atoms with E-state index in [2.05, 4.69) is 5.10 Å². The largest absolute Gasteiger partial charge is 0.439 e. The molecule has 0 saturated heterocycles. The van der Waals surface area contributed by atoms with Crippen molar-refractivity contribution in [1.82, 2.24) is 5.01 Å². The van der Waals surface area contributed by atoms with Gasteiger partial charge in [0.15, 0.2) is 0 Å². The Morgan fingerprint density at radius 1 is 1.19 bits per heavy atom. The van der Waals surface area contributed by atoms with Gasteiger partial charge in [-0.2, -0.15) is 23.3 Å². The van der Waals surface area contributed by atoms with Gasteiger partial charge in [0.05, 0.1) is 5.92 Å². The minimum atomic E-state index is -5.00. The zero-order chi connectivity index (χ0) is 20.2. The molecule has 148 valence electrons. The summed E-state index contributed by atoms with van der Waals surface area (Å²) >= 11 is 0. The van der Waals surface area contributed by atoms with Crippen molar-refractivity contribution in [2.24, 2.45) is 16.9 Å². The number of halogens is 3. The molecule has 1 N–H and O–H groups in total. The number of aliphatic hydroxyl groups is 1. The number of carbonyl (C=O) groups excluding carboxylic acids is 1. The van der Waals surface area contributed by atoms with Crippen molar-refractivity contribution in [1.29, 1.82) is 0 Å². The van der Waals surface area contributed by atoms with Gasteiger partial charge in [-0.3, -0.25) is 4.79 Å². The van der Waals surface area contributed by atoms with Crippen LogP contribution in [0.25, 0.3) is 0 Å². The van der Waals surface area contributed by atoms with E-state index in [9.17, 15) is 23.1 Å². The molecule has 1 aliphatic heterocycles. The molecule has 2 aliphatic rings. The molecule has 3 atom stereocenters. The fourth-order valence-corrected chi connectivity index (χ4v) is 3.94. The molecule has 0 spiro atoms. The third-order valence-corrected chi connectivity index (χ3v) is 5.62. The molecule has 1 aromatic rings. The van der Waals surface area contributed by atoms with Crippen molar-refractivity contribution in [2.75, 3.05) is 0 Å². The number of hydrogen-bond donors (Lipinski definition) is 1. The van der Waals surface area contributed by atoms with Crippen LogP contribution in [0.15, 0.2) is 29.4 Å². The maximum atomic E-state index is 13.9. The molecule has 0 bridgehead atoms. The molecule has 1 fully saturated rings. The summed E-state index contributed by atoms with van der Waals surface area (Å²) in [5.41, 5.74) is -2.15. The summed E-state index contributed by atoms with van der Waals surface area (Å²) in [6, 6.07) is 6.42. The second-order valence-electron chi connectivity index (χ2n) is 8.58. The molecule has 27 heavy (non-hydrogen) atoms. The zero-order valence-corrected chi connectivity index (χ0v) is 16.0. The second kappa shape index (κ2) is 6.33. The average molecular weight is 382 g/mol. The highest BCUT2D eigenvalue weighted by Gasteiger charge is 2.69. The van der Waals surface area contributed by atoms with Gasteiger partial charge < -0.3 is 5.11 Å². The first kappa shape index (κ1) is 19.9. The topological polar surface area (TPSA) is 52.9 Å². The van der Waals surface area contributed by atoms with Crippen LogP contribution in [0.3, 0.4) is 0 Å². The van der Waals surface area contributed by atoms with Crippen molar-refractivity contribution in [2.45, 2.75) is 64.3 Å². The highest BCUT2D eigenvalue weighted by molar-refractivity contribution is 6.00. The number of alkyl halides is 3. The Labute approximate surface area is 157 Å². The summed E-state index contributed by atoms with van der Waals surface area (Å²) in [6.07, 6.45) is -3.58. The van der Waals surface area contributed by atoms with Crippen molar-refractivity contribution >= 4 is 11.6 Å². The van der Waals surface area contributed by atoms with Crippen molar-refractivity contribution in [3.05, 3.63) is 35.4 Å². The van der Waals surface area contributed by atoms with E-state index < -0.39 is 23.7 Å². The van der Waals surface area contributed by atoms with E-state index in [4.69, 9.17) is 0 Å². The van der Waals surface area contributed by atoms with Gasteiger partial charge in [-0.05, 0) is 41.9 Å². The van der Waals surface area contributed by atoms with E-state index in [0.29, 0.717) is 12.8 Å². The first-order valence-corrected chi connectivity index (χ1v) is 9.20. The van der Waals surface area contributed by atoms with Crippen LogP contribution in [0, 0.1) is 11.8 Å². The van der Waals surface area contributed by atoms with Gasteiger partial charge in [0.2, 0.25) is 0 Å². The summed E-state index contributed by atoms with van der Waals surface area (Å²) in [6.45, 7) is 7.80. The molecule has 1 heterocycles. The lowest BCUT2D eigenvalue weighted by atomic mass is 9.75. The van der Waals surface area contributed by atoms with E-state index in [0.717, 1.165) is 5.56 Å². The number of nitrogens with zero attached hydrogens (tertiary/aromatic N) is 2. The fraction of sp³-hybridized carbons (Fsp3) is 0.600. The Hall–Kier alpha value is -1.89. The van der Waals surface area contributed by atoms with Crippen LogP contribution in [0.2, 0.25) is 0 Å². The molecular formula is C20H25F3N2O2. The summed E-state index contributed by atoms with van der Waals surface area (Å²) < 4.78 is 41.6. The lowest BCUT2D eigenvalue weighted by molar-refractivity contribution is -0.312. The molecule has 0 radical (unpaired) electrons. The first-order valence-electron chi connectivity index (χ1n) is 9.20. The molecular weight excluding hydrogens is 357 g/mol. The normalized spacial score (nSPS) is 28.7. The van der Waals surface area contributed by atoms with E-state index in [1.165, 1.54) is 12.1 Å². The second-order valence-corrected chi connectivity index (χ2v) is 8.58. The summed E-state index contributed by atoms with van der Waals surface area (Å²) in [5, 5.41) is 14.9. The van der Waals surface area contributed by atoms with Crippen molar-refractivity contribution in [3.63, 3.8) is 0 Å². The van der Waals surface area contributed by atoms with Crippen molar-refractivity contribution < 1.29 is 23.1 Å². The highest BCUT2D eigenvalue weighted by Crippen LogP contribution is 2.49. The number of rotatable bonds is 1. The Bertz CT molecular complexity index is 765. The molecule has 1 aliphatic carbocycles. The number of carbonyl (C=O) groups is 1. The van der Waals surface area contributed by atoms with E-state index in [-0.39, 0.29) is 34.0 Å². The van der Waals surface area contributed by atoms with Gasteiger partial charge in [0, 0.05) is 11.3 Å². The maximum Gasteiger partial charge on any atom is 0.439 e. The Kier molecular flexibility index (Phi) is 4.65. The number of hydrazone groups is 1. The Morgan fingerprint density at radius 2 is 1.78 bits per heavy atom. The molecule has 7 heteroatoms. The van der Waals surface area contributed by atoms with E-state index in [1.807, 2.05) is 20.8 Å². The van der Waals surface area contributed by atoms with Crippen molar-refractivity contribution in [3.8, 4) is 0 Å². The maximum absolute atomic E-state index is 13.9. The van der Waals surface area contributed by atoms with Crippen LogP contribution in [-0.2, 0) is 5.41 Å². The number of fused-ring (bicyclic) bond motifs is 1. The van der Waals surface area contributed by atoms with Crippen LogP contribution in [0.1, 0.15) is 62.9 Å². The van der Waals surface area contributed by atoms with Gasteiger partial charge in [-0.25, -0.2) is 0 Å². The predicted octanol–water partition coefficient (Wildman–Crippen LogP) is 4.48. The third-order valence-electron chi connectivity index (χ3n) is 5.62. The van der Waals surface area contributed by atoms with Crippen LogP contribution >= 0.6 is 0 Å². The van der Waals surface area contributed by atoms with E-state index in [1.54, 1.807) is 19.1 Å². The number of benzene rings is 1. The minimum absolute atomic E-state index is 0.0707. The molecule has 1 saturated carbocycles. The van der Waals surface area contributed by atoms with Gasteiger partial charge in [0.25, 0.3) is 11.6 Å². The standard InChI is InChI=1S/C20H25F3N2O2/c1-12-6-5-7-15-16(12)24-25(19(15,27)20(21,22)23)17(26)13-8-10-14(11-9-13)18(2,3)4/h8-12,15,27H,5-7H2,1-4H3/t12-,15+,19+/m1/s1. The lowest BCUT2D eigenvalue weighted by Gasteiger charge is -2.39. The van der Waals surface area contributed by atoms with Crippen LogP contribution in [-0.4, -0.2) is 33.6 Å². The molecule has 3 rings (SSSR count). The summed E-state index contributed by atoms with van der Waals surface area (Å²) in [5.74, 6) is -2.35. The lowest BCUT2D eigenvalue weighted by Crippen LogP contribution is -2.61. The summed E-state index contributed by atoms with van der Waals surface area (Å²) in [4.78, 5) is 12.9. The molecule has 0 unspecified atom stereocenters. The van der Waals surface area contributed by atoms with Gasteiger partial charge in [-0.1, -0.05) is 46.2 Å². The highest BCUT2D eigenvalue weighted by atomic mass is 19.4.